The van der Waals surface area contributed by atoms with Crippen molar-refractivity contribution in [2.24, 2.45) is 0 Å². The summed E-state index contributed by atoms with van der Waals surface area (Å²) in [6.45, 7) is 2.09. The second-order valence-corrected chi connectivity index (χ2v) is 7.80. The van der Waals surface area contributed by atoms with Gasteiger partial charge in [-0.05, 0) is 55.3 Å². The van der Waals surface area contributed by atoms with E-state index in [1.807, 2.05) is 17.0 Å². The Morgan fingerprint density at radius 1 is 1.09 bits per heavy atom. The lowest BCUT2D eigenvalue weighted by molar-refractivity contribution is 0.0786. The predicted octanol–water partition coefficient (Wildman–Crippen LogP) is 3.30. The summed E-state index contributed by atoms with van der Waals surface area (Å²) >= 11 is 0. The molecule has 1 aromatic heterocycles. The maximum Gasteiger partial charge on any atom is 0.257 e. The Bertz CT molecular complexity index is 1090. The van der Waals surface area contributed by atoms with Crippen LogP contribution < -0.4 is 4.74 Å². The van der Waals surface area contributed by atoms with Crippen molar-refractivity contribution < 1.29 is 18.8 Å². The predicted molar refractivity (Wildman–Crippen MR) is 119 cm³/mol. The van der Waals surface area contributed by atoms with Gasteiger partial charge in [0.05, 0.1) is 7.11 Å². The zero-order valence-electron chi connectivity index (χ0n) is 18.3. The van der Waals surface area contributed by atoms with Crippen molar-refractivity contribution in [2.75, 3.05) is 33.8 Å². The molecule has 8 heteroatoms. The van der Waals surface area contributed by atoms with Crippen molar-refractivity contribution >= 4 is 11.8 Å². The fraction of sp³-hybridized carbons (Fsp3) is 0.333. The van der Waals surface area contributed by atoms with E-state index < -0.39 is 0 Å². The monoisotopic (exact) mass is 434 g/mol. The molecule has 3 aromatic rings. The third kappa shape index (κ3) is 4.80. The number of methoxy groups -OCH3 is 1. The molecule has 0 spiro atoms. The number of benzene rings is 2. The molecule has 8 nitrogen and oxygen atoms in total. The summed E-state index contributed by atoms with van der Waals surface area (Å²) in [5.41, 5.74) is 1.97. The SMILES string of the molecule is COc1cccc(C(=O)N(C)CCc2noc(-c3ccc(C(=O)N4CCCC4)cc3)n2)c1. The number of hydrogen-bond donors (Lipinski definition) is 0. The van der Waals surface area contributed by atoms with E-state index in [4.69, 9.17) is 9.26 Å². The molecular weight excluding hydrogens is 408 g/mol. The highest BCUT2D eigenvalue weighted by Gasteiger charge is 2.20. The number of nitrogens with zero attached hydrogens (tertiary/aromatic N) is 4. The molecule has 0 unspecified atom stereocenters. The number of carbonyl (C=O) groups is 2. The molecule has 32 heavy (non-hydrogen) atoms. The van der Waals surface area contributed by atoms with Crippen molar-refractivity contribution in [2.45, 2.75) is 19.3 Å². The van der Waals surface area contributed by atoms with Gasteiger partial charge in [0, 0.05) is 49.8 Å². The molecule has 4 rings (SSSR count). The minimum absolute atomic E-state index is 0.0593. The van der Waals surface area contributed by atoms with Gasteiger partial charge in [-0.25, -0.2) is 0 Å². The number of ether oxygens (including phenoxy) is 1. The van der Waals surface area contributed by atoms with Crippen molar-refractivity contribution in [3.05, 3.63) is 65.5 Å². The third-order valence-corrected chi connectivity index (χ3v) is 5.57. The highest BCUT2D eigenvalue weighted by Crippen LogP contribution is 2.20. The van der Waals surface area contributed by atoms with E-state index >= 15 is 0 Å². The molecule has 1 aliphatic heterocycles. The topological polar surface area (TPSA) is 88.8 Å². The first-order valence-electron chi connectivity index (χ1n) is 10.7. The highest BCUT2D eigenvalue weighted by molar-refractivity contribution is 5.95. The van der Waals surface area contributed by atoms with Gasteiger partial charge in [0.2, 0.25) is 0 Å². The standard InChI is InChI=1S/C24H26N4O4/c1-27(23(29)19-6-5-7-20(16-19)31-2)15-12-21-25-22(32-26-21)17-8-10-18(11-9-17)24(30)28-13-3-4-14-28/h5-11,16H,3-4,12-15H2,1-2H3. The molecule has 0 saturated carbocycles. The number of likely N-dealkylation sites (tertiary alicyclic amines) is 1. The summed E-state index contributed by atoms with van der Waals surface area (Å²) in [4.78, 5) is 33.0. The number of hydrogen-bond acceptors (Lipinski definition) is 6. The maximum atomic E-state index is 12.6. The normalized spacial score (nSPS) is 13.2. The minimum Gasteiger partial charge on any atom is -0.497 e. The lowest BCUT2D eigenvalue weighted by Crippen LogP contribution is -2.29. The van der Waals surface area contributed by atoms with E-state index in [9.17, 15) is 9.59 Å². The van der Waals surface area contributed by atoms with Gasteiger partial charge in [-0.1, -0.05) is 11.2 Å². The van der Waals surface area contributed by atoms with Crippen LogP contribution in [0.1, 0.15) is 39.4 Å². The van der Waals surface area contributed by atoms with E-state index in [1.54, 1.807) is 55.5 Å². The van der Waals surface area contributed by atoms with Crippen LogP contribution in [0.2, 0.25) is 0 Å². The molecule has 0 atom stereocenters. The van der Waals surface area contributed by atoms with Crippen LogP contribution in [0.4, 0.5) is 0 Å². The van der Waals surface area contributed by atoms with Crippen molar-refractivity contribution in [1.82, 2.24) is 19.9 Å². The number of amides is 2. The molecule has 166 valence electrons. The molecule has 1 aliphatic rings. The Morgan fingerprint density at radius 3 is 2.56 bits per heavy atom. The first kappa shape index (κ1) is 21.5. The zero-order valence-corrected chi connectivity index (χ0v) is 18.3. The molecule has 1 saturated heterocycles. The smallest absolute Gasteiger partial charge is 0.257 e. The number of aromatic nitrogens is 2. The molecule has 2 aromatic carbocycles. The van der Waals surface area contributed by atoms with Crippen LogP contribution >= 0.6 is 0 Å². The van der Waals surface area contributed by atoms with Gasteiger partial charge < -0.3 is 19.1 Å². The molecule has 2 amide bonds. The summed E-state index contributed by atoms with van der Waals surface area (Å²) in [5, 5.41) is 4.03. The lowest BCUT2D eigenvalue weighted by atomic mass is 10.1. The van der Waals surface area contributed by atoms with Crippen LogP contribution in [0.5, 0.6) is 5.75 Å². The molecular formula is C24H26N4O4. The Kier molecular flexibility index (Phi) is 6.49. The van der Waals surface area contributed by atoms with Crippen LogP contribution in [-0.2, 0) is 6.42 Å². The second-order valence-electron chi connectivity index (χ2n) is 7.80. The number of rotatable bonds is 7. The first-order valence-corrected chi connectivity index (χ1v) is 10.7. The van der Waals surface area contributed by atoms with Gasteiger partial charge in [-0.15, -0.1) is 0 Å². The summed E-state index contributed by atoms with van der Waals surface area (Å²) < 4.78 is 10.6. The summed E-state index contributed by atoms with van der Waals surface area (Å²) in [5.74, 6) is 1.50. The molecule has 0 radical (unpaired) electrons. The average molecular weight is 434 g/mol. The van der Waals surface area contributed by atoms with Gasteiger partial charge in [0.15, 0.2) is 5.82 Å². The third-order valence-electron chi connectivity index (χ3n) is 5.57. The van der Waals surface area contributed by atoms with E-state index in [0.29, 0.717) is 41.6 Å². The highest BCUT2D eigenvalue weighted by atomic mass is 16.5. The molecule has 1 fully saturated rings. The quantitative estimate of drug-likeness (QED) is 0.567. The lowest BCUT2D eigenvalue weighted by Gasteiger charge is -2.16. The van der Waals surface area contributed by atoms with E-state index in [0.717, 1.165) is 31.5 Å². The van der Waals surface area contributed by atoms with Crippen molar-refractivity contribution in [3.63, 3.8) is 0 Å². The van der Waals surface area contributed by atoms with Crippen molar-refractivity contribution in [3.8, 4) is 17.2 Å². The largest absolute Gasteiger partial charge is 0.497 e. The van der Waals surface area contributed by atoms with Gasteiger partial charge in [-0.3, -0.25) is 9.59 Å². The summed E-state index contributed by atoms with van der Waals surface area (Å²) in [6, 6.07) is 14.3. The summed E-state index contributed by atoms with van der Waals surface area (Å²) in [7, 11) is 3.30. The van der Waals surface area contributed by atoms with E-state index in [-0.39, 0.29) is 11.8 Å². The van der Waals surface area contributed by atoms with Crippen molar-refractivity contribution in [1.29, 1.82) is 0 Å². The van der Waals surface area contributed by atoms with Gasteiger partial charge in [-0.2, -0.15) is 4.98 Å². The van der Waals surface area contributed by atoms with Crippen LogP contribution in [0.3, 0.4) is 0 Å². The van der Waals surface area contributed by atoms with E-state index in [1.165, 1.54) is 0 Å². The van der Waals surface area contributed by atoms with Crippen LogP contribution in [0.15, 0.2) is 53.1 Å². The maximum absolute atomic E-state index is 12.6. The Morgan fingerprint density at radius 2 is 1.84 bits per heavy atom. The number of carbonyl (C=O) groups excluding carboxylic acids is 2. The molecule has 0 aliphatic carbocycles. The number of likely N-dealkylation sites (N-methyl/N-ethyl adjacent to an activating group) is 1. The fourth-order valence-electron chi connectivity index (χ4n) is 3.68. The molecule has 0 bridgehead atoms. The Balaban J connectivity index is 1.35. The Hall–Kier alpha value is -3.68. The average Bonchev–Trinajstić information content (AvgIpc) is 3.54. The van der Waals surface area contributed by atoms with Crippen LogP contribution in [0.25, 0.3) is 11.5 Å². The molecule has 0 N–H and O–H groups in total. The Labute approximate surface area is 186 Å². The molecule has 2 heterocycles. The van der Waals surface area contributed by atoms with Crippen LogP contribution in [-0.4, -0.2) is 65.5 Å². The van der Waals surface area contributed by atoms with Gasteiger partial charge in [0.25, 0.3) is 17.7 Å². The first-order chi connectivity index (χ1) is 15.5. The summed E-state index contributed by atoms with van der Waals surface area (Å²) in [6.07, 6.45) is 2.59. The van der Waals surface area contributed by atoms with Gasteiger partial charge in [0.1, 0.15) is 5.75 Å². The second kappa shape index (κ2) is 9.64. The zero-order chi connectivity index (χ0) is 22.5. The van der Waals surface area contributed by atoms with Gasteiger partial charge >= 0.3 is 0 Å². The minimum atomic E-state index is -0.106. The van der Waals surface area contributed by atoms with E-state index in [2.05, 4.69) is 10.1 Å². The fourth-order valence-corrected chi connectivity index (χ4v) is 3.68. The van der Waals surface area contributed by atoms with Crippen LogP contribution in [0, 0.1) is 0 Å².